The molecule has 1 saturated heterocycles. The molecule has 0 bridgehead atoms. The van der Waals surface area contributed by atoms with Crippen molar-refractivity contribution >= 4 is 0 Å². The summed E-state index contributed by atoms with van der Waals surface area (Å²) in [5.74, 6) is 0. The Balaban J connectivity index is 0. The molecule has 1 aliphatic heterocycles. The Hall–Kier alpha value is -0.0800. The molecule has 0 aromatic carbocycles. The van der Waals surface area contributed by atoms with E-state index in [9.17, 15) is 0 Å². The van der Waals surface area contributed by atoms with Gasteiger partial charge in [-0.25, -0.2) is 0 Å². The van der Waals surface area contributed by atoms with Crippen molar-refractivity contribution in [1.82, 2.24) is 9.80 Å². The Labute approximate surface area is 78.5 Å². The number of rotatable bonds is 1. The van der Waals surface area contributed by atoms with Gasteiger partial charge >= 0.3 is 0 Å². The first-order valence-corrected chi connectivity index (χ1v) is 4.13. The van der Waals surface area contributed by atoms with Gasteiger partial charge in [-0.1, -0.05) is 14.9 Å². The normalized spacial score (nSPS) is 20.0. The predicted molar refractivity (Wildman–Crippen MR) is 57.7 cm³/mol. The van der Waals surface area contributed by atoms with Crippen LogP contribution in [0.3, 0.4) is 0 Å². The Morgan fingerprint density at radius 2 is 1.33 bits per heavy atom. The average Bonchev–Trinajstić information content (AvgIpc) is 1.88. The van der Waals surface area contributed by atoms with E-state index in [1.54, 1.807) is 0 Å². The van der Waals surface area contributed by atoms with Crippen LogP contribution in [0.5, 0.6) is 0 Å². The standard InChI is InChI=1S/C8H18N2.2CH4/c1-8(2)10-6-4-9(3)5-7-10;;/h8H,4-7H2,1-3H3;2*1H4. The molecule has 0 atom stereocenters. The molecule has 2 nitrogen and oxygen atoms in total. The summed E-state index contributed by atoms with van der Waals surface area (Å²) in [6.45, 7) is 9.50. The fourth-order valence-electron chi connectivity index (χ4n) is 1.34. The molecule has 1 aliphatic rings. The van der Waals surface area contributed by atoms with Crippen LogP contribution in [-0.2, 0) is 0 Å². The van der Waals surface area contributed by atoms with Crippen molar-refractivity contribution in [3.05, 3.63) is 0 Å². The third-order valence-electron chi connectivity index (χ3n) is 2.27. The first-order valence-electron chi connectivity index (χ1n) is 4.13. The number of likely N-dealkylation sites (N-methyl/N-ethyl adjacent to an activating group) is 1. The minimum absolute atomic E-state index is 0. The molecule has 0 N–H and O–H groups in total. The summed E-state index contributed by atoms with van der Waals surface area (Å²) in [6, 6.07) is 0.730. The maximum Gasteiger partial charge on any atom is 0.0112 e. The third-order valence-corrected chi connectivity index (χ3v) is 2.27. The van der Waals surface area contributed by atoms with Crippen LogP contribution in [0.4, 0.5) is 0 Å². The molecular formula is C10H26N2. The van der Waals surface area contributed by atoms with Crippen molar-refractivity contribution in [3.63, 3.8) is 0 Å². The van der Waals surface area contributed by atoms with Gasteiger partial charge in [0.15, 0.2) is 0 Å². The van der Waals surface area contributed by atoms with E-state index < -0.39 is 0 Å². The molecule has 76 valence electrons. The molecule has 1 heterocycles. The Morgan fingerprint density at radius 1 is 0.917 bits per heavy atom. The number of nitrogens with zero attached hydrogens (tertiary/aromatic N) is 2. The second-order valence-corrected chi connectivity index (χ2v) is 3.43. The molecular weight excluding hydrogens is 148 g/mol. The van der Waals surface area contributed by atoms with Gasteiger partial charge in [-0.15, -0.1) is 0 Å². The molecule has 1 fully saturated rings. The van der Waals surface area contributed by atoms with E-state index in [1.165, 1.54) is 26.2 Å². The number of piperazine rings is 1. The molecule has 0 aromatic rings. The van der Waals surface area contributed by atoms with Crippen LogP contribution in [0.25, 0.3) is 0 Å². The van der Waals surface area contributed by atoms with Crippen molar-refractivity contribution in [2.75, 3.05) is 33.2 Å². The van der Waals surface area contributed by atoms with Crippen LogP contribution in [0.15, 0.2) is 0 Å². The van der Waals surface area contributed by atoms with Gasteiger partial charge in [0.1, 0.15) is 0 Å². The van der Waals surface area contributed by atoms with Crippen LogP contribution in [0.2, 0.25) is 0 Å². The highest BCUT2D eigenvalue weighted by atomic mass is 15.3. The summed E-state index contributed by atoms with van der Waals surface area (Å²) < 4.78 is 0. The van der Waals surface area contributed by atoms with Crippen molar-refractivity contribution < 1.29 is 0 Å². The van der Waals surface area contributed by atoms with Crippen LogP contribution in [0, 0.1) is 0 Å². The highest BCUT2D eigenvalue weighted by Gasteiger charge is 2.15. The fraction of sp³-hybridized carbons (Fsp3) is 1.00. The maximum absolute atomic E-state index is 2.53. The first kappa shape index (κ1) is 14.4. The lowest BCUT2D eigenvalue weighted by Crippen LogP contribution is -2.47. The Kier molecular flexibility index (Phi) is 7.75. The SMILES string of the molecule is C.C.CC(C)N1CCN(C)CC1. The molecule has 1 rings (SSSR count). The zero-order chi connectivity index (χ0) is 7.56. The van der Waals surface area contributed by atoms with E-state index in [0.29, 0.717) is 0 Å². The van der Waals surface area contributed by atoms with Crippen molar-refractivity contribution in [2.24, 2.45) is 0 Å². The van der Waals surface area contributed by atoms with Gasteiger partial charge in [-0.3, -0.25) is 4.90 Å². The highest BCUT2D eigenvalue weighted by Crippen LogP contribution is 2.02. The lowest BCUT2D eigenvalue weighted by molar-refractivity contribution is 0.126. The maximum atomic E-state index is 2.53. The van der Waals surface area contributed by atoms with Crippen molar-refractivity contribution in [2.45, 2.75) is 34.7 Å². The van der Waals surface area contributed by atoms with Crippen molar-refractivity contribution in [3.8, 4) is 0 Å². The second-order valence-electron chi connectivity index (χ2n) is 3.43. The molecule has 0 aromatic heterocycles. The predicted octanol–water partition coefficient (Wildman–Crippen LogP) is 1.91. The van der Waals surface area contributed by atoms with E-state index >= 15 is 0 Å². The van der Waals surface area contributed by atoms with Crippen LogP contribution in [-0.4, -0.2) is 49.1 Å². The smallest absolute Gasteiger partial charge is 0.0112 e. The van der Waals surface area contributed by atoms with Gasteiger partial charge in [0.2, 0.25) is 0 Å². The average molecular weight is 174 g/mol. The fourth-order valence-corrected chi connectivity index (χ4v) is 1.34. The molecule has 0 spiro atoms. The highest BCUT2D eigenvalue weighted by molar-refractivity contribution is 4.71. The lowest BCUT2D eigenvalue weighted by Gasteiger charge is -2.34. The summed E-state index contributed by atoms with van der Waals surface area (Å²) in [5.41, 5.74) is 0. The van der Waals surface area contributed by atoms with Gasteiger partial charge in [0.05, 0.1) is 0 Å². The Morgan fingerprint density at radius 3 is 1.67 bits per heavy atom. The molecule has 0 radical (unpaired) electrons. The first-order chi connectivity index (χ1) is 4.70. The topological polar surface area (TPSA) is 6.48 Å². The van der Waals surface area contributed by atoms with E-state index in [1.807, 2.05) is 0 Å². The summed E-state index contributed by atoms with van der Waals surface area (Å²) in [4.78, 5) is 4.92. The van der Waals surface area contributed by atoms with Gasteiger partial charge in [-0.2, -0.15) is 0 Å². The molecule has 0 saturated carbocycles. The molecule has 0 unspecified atom stereocenters. The summed E-state index contributed by atoms with van der Waals surface area (Å²) in [5, 5.41) is 0. The lowest BCUT2D eigenvalue weighted by atomic mass is 10.2. The van der Waals surface area contributed by atoms with Gasteiger partial charge in [0, 0.05) is 32.2 Å². The number of hydrogen-bond acceptors (Lipinski definition) is 2. The van der Waals surface area contributed by atoms with Gasteiger partial charge in [0.25, 0.3) is 0 Å². The molecule has 0 aliphatic carbocycles. The van der Waals surface area contributed by atoms with Crippen molar-refractivity contribution in [1.29, 1.82) is 0 Å². The monoisotopic (exact) mass is 174 g/mol. The van der Waals surface area contributed by atoms with E-state index in [2.05, 4.69) is 30.7 Å². The molecule has 0 amide bonds. The van der Waals surface area contributed by atoms with Gasteiger partial charge in [-0.05, 0) is 20.9 Å². The van der Waals surface area contributed by atoms with E-state index in [4.69, 9.17) is 0 Å². The van der Waals surface area contributed by atoms with Crippen LogP contribution < -0.4 is 0 Å². The summed E-state index contributed by atoms with van der Waals surface area (Å²) >= 11 is 0. The quantitative estimate of drug-likeness (QED) is 0.599. The van der Waals surface area contributed by atoms with E-state index in [0.717, 1.165) is 6.04 Å². The zero-order valence-corrected chi connectivity index (χ0v) is 7.30. The molecule has 12 heavy (non-hydrogen) atoms. The minimum Gasteiger partial charge on any atom is -0.304 e. The summed E-state index contributed by atoms with van der Waals surface area (Å²) in [7, 11) is 2.19. The third kappa shape index (κ3) is 4.07. The van der Waals surface area contributed by atoms with Crippen LogP contribution in [0.1, 0.15) is 28.7 Å². The zero-order valence-electron chi connectivity index (χ0n) is 7.30. The summed E-state index contributed by atoms with van der Waals surface area (Å²) in [6.07, 6.45) is 0. The second kappa shape index (κ2) is 6.44. The minimum atomic E-state index is 0. The van der Waals surface area contributed by atoms with E-state index in [-0.39, 0.29) is 14.9 Å². The van der Waals surface area contributed by atoms with Gasteiger partial charge < -0.3 is 4.90 Å². The Bertz CT molecular complexity index is 94.0. The molecule has 2 heteroatoms. The largest absolute Gasteiger partial charge is 0.304 e. The van der Waals surface area contributed by atoms with Crippen LogP contribution >= 0.6 is 0 Å². The number of hydrogen-bond donors (Lipinski definition) is 0.